The fourth-order valence-corrected chi connectivity index (χ4v) is 7.44. The zero-order valence-electron chi connectivity index (χ0n) is 15.0. The van der Waals surface area contributed by atoms with Crippen LogP contribution in [-0.2, 0) is 0 Å². The molecule has 1 aliphatic carbocycles. The molecule has 0 unspecified atom stereocenters. The van der Waals surface area contributed by atoms with Crippen molar-refractivity contribution in [3.05, 3.63) is 85.8 Å². The van der Waals surface area contributed by atoms with Crippen LogP contribution >= 0.6 is 11.3 Å². The number of allylic oxidation sites excluding steroid dienone is 1. The summed E-state index contributed by atoms with van der Waals surface area (Å²) in [6.07, 6.45) is 3.63. The van der Waals surface area contributed by atoms with Crippen LogP contribution in [0.5, 0.6) is 0 Å². The third-order valence-corrected chi connectivity index (χ3v) is 8.84. The summed E-state index contributed by atoms with van der Waals surface area (Å²) < 4.78 is 4.51. The number of carbonyl (C=O) groups excluding carboxylic acids is 2. The van der Waals surface area contributed by atoms with E-state index in [1.54, 1.807) is 10.8 Å². The van der Waals surface area contributed by atoms with Gasteiger partial charge >= 0.3 is 180 Å². The summed E-state index contributed by atoms with van der Waals surface area (Å²) in [4.78, 5) is 29.8. The number of Topliss-reactive ketones (excluding diaryl/α,β-unsaturated/α-hetero) is 2. The Hall–Kier alpha value is -2.78. The Kier molecular flexibility index (Phi) is 3.75. The number of rotatable bonds is 2. The molecule has 138 valence electrons. The molecule has 0 atom stereocenters. The topological polar surface area (TPSA) is 52.0 Å². The molecule has 0 bridgehead atoms. The molecule has 6 heteroatoms. The molecule has 0 aliphatic heterocycles. The molecule has 0 spiro atoms. The molecular weight excluding hydrogens is 496 g/mol. The molecule has 29 heavy (non-hydrogen) atoms. The van der Waals surface area contributed by atoms with E-state index < -0.39 is 20.4 Å². The molecule has 4 nitrogen and oxygen atoms in total. The van der Waals surface area contributed by atoms with Gasteiger partial charge < -0.3 is 0 Å². The Labute approximate surface area is 179 Å². The van der Waals surface area contributed by atoms with Crippen molar-refractivity contribution in [2.45, 2.75) is 0 Å². The van der Waals surface area contributed by atoms with Crippen LogP contribution in [0.3, 0.4) is 0 Å². The van der Waals surface area contributed by atoms with Crippen LogP contribution < -0.4 is 0 Å². The molecule has 0 radical (unpaired) electrons. The molecule has 0 saturated heterocycles. The summed E-state index contributed by atoms with van der Waals surface area (Å²) in [6.45, 7) is 0. The van der Waals surface area contributed by atoms with E-state index in [4.69, 9.17) is 0 Å². The maximum atomic E-state index is 12.6. The van der Waals surface area contributed by atoms with Crippen molar-refractivity contribution in [2.24, 2.45) is 0 Å². The average molecular weight is 508 g/mol. The van der Waals surface area contributed by atoms with Crippen LogP contribution in [0.15, 0.2) is 71.1 Å². The first-order valence-electron chi connectivity index (χ1n) is 9.04. The fraction of sp³-hybridized carbons (Fsp3) is 0. The number of nitrogens with zero attached hydrogens (tertiary/aromatic N) is 2. The Morgan fingerprint density at radius 3 is 2.48 bits per heavy atom. The molecular formula is C23H12N2O2STe. The Morgan fingerprint density at radius 1 is 0.897 bits per heavy atom. The SMILES string of the molecule is O=C1C(=Cc2ccc(-n3c4ccccc4c4cccnc43)[te]2)C(=O)c2cscc21. The van der Waals surface area contributed by atoms with Crippen molar-refractivity contribution in [1.29, 1.82) is 0 Å². The van der Waals surface area contributed by atoms with E-state index in [-0.39, 0.29) is 11.6 Å². The third kappa shape index (κ3) is 2.47. The molecule has 5 aromatic rings. The van der Waals surface area contributed by atoms with Crippen molar-refractivity contribution in [2.75, 3.05) is 0 Å². The van der Waals surface area contributed by atoms with Gasteiger partial charge in [-0.15, -0.1) is 0 Å². The summed E-state index contributed by atoms with van der Waals surface area (Å²) in [5.41, 5.74) is 3.47. The quantitative estimate of drug-likeness (QED) is 0.197. The van der Waals surface area contributed by atoms with Crippen molar-refractivity contribution in [3.63, 3.8) is 0 Å². The number of benzene rings is 1. The Balaban J connectivity index is 1.50. The van der Waals surface area contributed by atoms with Gasteiger partial charge in [-0.2, -0.15) is 0 Å². The molecule has 4 heterocycles. The summed E-state index contributed by atoms with van der Waals surface area (Å²) >= 11 is 0.640. The van der Waals surface area contributed by atoms with Crippen molar-refractivity contribution < 1.29 is 9.59 Å². The number of fused-ring (bicyclic) bond motifs is 4. The number of carbonyl (C=O) groups is 2. The van der Waals surface area contributed by atoms with Crippen LogP contribution in [0.1, 0.15) is 24.3 Å². The number of thiophene rings is 1. The van der Waals surface area contributed by atoms with Gasteiger partial charge in [-0.1, -0.05) is 0 Å². The van der Waals surface area contributed by atoms with E-state index in [1.807, 2.05) is 36.5 Å². The zero-order valence-corrected chi connectivity index (χ0v) is 18.1. The Bertz CT molecular complexity index is 1420. The predicted octanol–water partition coefficient (Wildman–Crippen LogP) is 4.76. The summed E-state index contributed by atoms with van der Waals surface area (Å²) in [5, 5.41) is 5.85. The molecule has 0 amide bonds. The molecule has 6 rings (SSSR count). The van der Waals surface area contributed by atoms with Gasteiger partial charge in [0.1, 0.15) is 0 Å². The van der Waals surface area contributed by atoms with Crippen LogP contribution in [0.2, 0.25) is 0 Å². The molecule has 0 fully saturated rings. The van der Waals surface area contributed by atoms with Gasteiger partial charge in [0.2, 0.25) is 0 Å². The molecule has 1 aromatic carbocycles. The molecule has 0 N–H and O–H groups in total. The van der Waals surface area contributed by atoms with Crippen molar-refractivity contribution in [1.82, 2.24) is 9.55 Å². The maximum absolute atomic E-state index is 12.6. The average Bonchev–Trinajstić information content (AvgIpc) is 3.50. The summed E-state index contributed by atoms with van der Waals surface area (Å²) in [7, 11) is 0. The van der Waals surface area contributed by atoms with Gasteiger partial charge in [0.05, 0.1) is 0 Å². The number of hydrogen-bond donors (Lipinski definition) is 0. The van der Waals surface area contributed by atoms with Crippen LogP contribution in [0.4, 0.5) is 0 Å². The van der Waals surface area contributed by atoms with Gasteiger partial charge in [-0.25, -0.2) is 0 Å². The normalized spacial score (nSPS) is 13.6. The predicted molar refractivity (Wildman–Crippen MR) is 116 cm³/mol. The summed E-state index contributed by atoms with van der Waals surface area (Å²) in [6, 6.07) is 16.5. The third-order valence-electron chi connectivity index (χ3n) is 5.19. The van der Waals surface area contributed by atoms with E-state index in [0.717, 1.165) is 20.1 Å². The Morgan fingerprint density at radius 2 is 1.66 bits per heavy atom. The van der Waals surface area contributed by atoms with Crippen LogP contribution in [0, 0.1) is 0 Å². The van der Waals surface area contributed by atoms with Crippen LogP contribution in [-0.4, -0.2) is 41.5 Å². The summed E-state index contributed by atoms with van der Waals surface area (Å²) in [5.74, 6) is -0.293. The standard InChI is InChI=1S/C23H12N2O2STe/c26-21-16(22(27)18-12-28-11-17(18)21)10-13-7-8-20(29-13)25-19-6-2-1-4-14(19)15-5-3-9-24-23(15)25/h1-12H. The van der Waals surface area contributed by atoms with E-state index in [0.29, 0.717) is 16.7 Å². The van der Waals surface area contributed by atoms with Gasteiger partial charge in [0, 0.05) is 0 Å². The molecule has 0 saturated carbocycles. The van der Waals surface area contributed by atoms with Crippen molar-refractivity contribution >= 4 is 71.3 Å². The van der Waals surface area contributed by atoms with Crippen molar-refractivity contribution in [3.8, 4) is 3.70 Å². The monoisotopic (exact) mass is 510 g/mol. The van der Waals surface area contributed by atoms with Gasteiger partial charge in [-0.3, -0.25) is 0 Å². The number of ketones is 2. The number of para-hydroxylation sites is 1. The minimum absolute atomic E-state index is 0.147. The zero-order chi connectivity index (χ0) is 19.5. The number of pyridine rings is 1. The number of hydrogen-bond acceptors (Lipinski definition) is 4. The van der Waals surface area contributed by atoms with Gasteiger partial charge in [0.25, 0.3) is 0 Å². The van der Waals surface area contributed by atoms with Gasteiger partial charge in [-0.05, 0) is 0 Å². The second-order valence-electron chi connectivity index (χ2n) is 6.82. The minimum atomic E-state index is -0.759. The van der Waals surface area contributed by atoms with E-state index in [1.165, 1.54) is 20.4 Å². The fourth-order valence-electron chi connectivity index (χ4n) is 3.87. The van der Waals surface area contributed by atoms with E-state index in [2.05, 4.69) is 33.8 Å². The molecule has 4 aromatic heterocycles. The van der Waals surface area contributed by atoms with Crippen LogP contribution in [0.25, 0.3) is 31.7 Å². The first kappa shape index (κ1) is 17.1. The first-order valence-corrected chi connectivity index (χ1v) is 12.3. The van der Waals surface area contributed by atoms with E-state index in [9.17, 15) is 9.59 Å². The second-order valence-corrected chi connectivity index (χ2v) is 10.7. The first-order chi connectivity index (χ1) is 14.2. The number of aromatic nitrogens is 2. The van der Waals surface area contributed by atoms with Gasteiger partial charge in [0.15, 0.2) is 0 Å². The molecule has 1 aliphatic rings. The van der Waals surface area contributed by atoms with E-state index >= 15 is 0 Å². The second kappa shape index (κ2) is 6.36.